The Morgan fingerprint density at radius 3 is 2.67 bits per heavy atom. The first kappa shape index (κ1) is 4.18. The fraction of sp³-hybridized carbons (Fsp3) is 0. The molecule has 3 heteroatoms. The van der Waals surface area contributed by atoms with E-state index in [0.29, 0.717) is 0 Å². The number of rotatable bonds is 0. The summed E-state index contributed by atoms with van der Waals surface area (Å²) < 4.78 is 1.88. The molecule has 0 aromatic carbocycles. The predicted molar refractivity (Wildman–Crippen MR) is 24.8 cm³/mol. The second-order valence-corrected chi connectivity index (χ2v) is 2.50. The van der Waals surface area contributed by atoms with Gasteiger partial charge in [0.1, 0.15) is 0 Å². The zero-order valence-electron chi connectivity index (χ0n) is 3.20. The molecule has 0 bridgehead atoms. The third-order valence-corrected chi connectivity index (χ3v) is 1.40. The zero-order chi connectivity index (χ0) is 4.41. The normalized spacial score (nSPS) is 8.83. The molecule has 30 valence electrons. The Balaban J connectivity index is 3.05. The van der Waals surface area contributed by atoms with Crippen LogP contribution in [0.3, 0.4) is 0 Å². The molecule has 0 unspecified atom stereocenters. The summed E-state index contributed by atoms with van der Waals surface area (Å²) in [6, 6.07) is 1.92. The van der Waals surface area contributed by atoms with E-state index in [4.69, 9.17) is 0 Å². The maximum absolute atomic E-state index is 3.89. The van der Waals surface area contributed by atoms with E-state index in [-0.39, 0.29) is 0 Å². The first-order chi connectivity index (χ1) is 2.89. The van der Waals surface area contributed by atoms with Crippen molar-refractivity contribution >= 4 is 22.8 Å². The van der Waals surface area contributed by atoms with Crippen LogP contribution in [0.25, 0.3) is 0 Å². The van der Waals surface area contributed by atoms with Gasteiger partial charge in [-0.1, -0.05) is 0 Å². The standard InChI is InChI=1S/C3H3N2.Sn.H/c1-2-4-5-3-1;;/h1-3H;;/q-1;+1;. The van der Waals surface area contributed by atoms with Gasteiger partial charge in [0.05, 0.1) is 0 Å². The summed E-state index contributed by atoms with van der Waals surface area (Å²) in [6.45, 7) is 0. The van der Waals surface area contributed by atoms with Crippen molar-refractivity contribution in [2.24, 2.45) is 0 Å². The molecule has 2 nitrogen and oxygen atoms in total. The topological polar surface area (TPSA) is 17.8 Å². The molecule has 0 atom stereocenters. The van der Waals surface area contributed by atoms with Crippen LogP contribution in [0.4, 0.5) is 0 Å². The van der Waals surface area contributed by atoms with E-state index in [1.165, 1.54) is 0 Å². The molecule has 0 N–H and O–H groups in total. The Morgan fingerprint density at radius 1 is 1.67 bits per heavy atom. The van der Waals surface area contributed by atoms with E-state index in [0.717, 1.165) is 22.8 Å². The minimum atomic E-state index is 1.06. The van der Waals surface area contributed by atoms with Crippen LogP contribution in [0.15, 0.2) is 18.5 Å². The second-order valence-electron chi connectivity index (χ2n) is 0.986. The number of hydrogen-bond acceptors (Lipinski definition) is 1. The van der Waals surface area contributed by atoms with Crippen LogP contribution in [0.1, 0.15) is 0 Å². The van der Waals surface area contributed by atoms with Gasteiger partial charge in [0, 0.05) is 0 Å². The molecule has 6 heavy (non-hydrogen) atoms. The summed E-state index contributed by atoms with van der Waals surface area (Å²) in [4.78, 5) is 0. The molecule has 1 heterocycles. The fourth-order valence-corrected chi connectivity index (χ4v) is 0.784. The Morgan fingerprint density at radius 2 is 2.50 bits per heavy atom. The molecule has 0 spiro atoms. The zero-order valence-corrected chi connectivity index (χ0v) is 6.50. The van der Waals surface area contributed by atoms with Gasteiger partial charge in [-0.3, -0.25) is 0 Å². The first-order valence-electron chi connectivity index (χ1n) is 1.64. The monoisotopic (exact) mass is 188 g/mol. The fourth-order valence-electron chi connectivity index (χ4n) is 0.281. The minimum absolute atomic E-state index is 1.06. The SMILES string of the molecule is [SnH][n]1cccn1. The Bertz CT molecular complexity index is 112. The average molecular weight is 187 g/mol. The van der Waals surface area contributed by atoms with E-state index in [2.05, 4.69) is 5.10 Å². The van der Waals surface area contributed by atoms with Crippen LogP contribution in [-0.4, -0.2) is 30.8 Å². The quantitative estimate of drug-likeness (QED) is 0.502. The Kier molecular flexibility index (Phi) is 1.14. The van der Waals surface area contributed by atoms with Crippen LogP contribution >= 0.6 is 0 Å². The molecule has 1 aromatic rings. The number of hydrogen-bond donors (Lipinski definition) is 0. The molecule has 0 aliphatic carbocycles. The van der Waals surface area contributed by atoms with Crippen molar-refractivity contribution in [1.82, 2.24) is 8.00 Å². The van der Waals surface area contributed by atoms with Crippen molar-refractivity contribution in [3.8, 4) is 0 Å². The number of nitrogens with zero attached hydrogens (tertiary/aromatic N) is 2. The summed E-state index contributed by atoms with van der Waals surface area (Å²) in [5.41, 5.74) is 0. The van der Waals surface area contributed by atoms with E-state index >= 15 is 0 Å². The van der Waals surface area contributed by atoms with Crippen LogP contribution in [0.5, 0.6) is 0 Å². The predicted octanol–water partition coefficient (Wildman–Crippen LogP) is -0.453. The molecule has 1 aromatic heterocycles. The van der Waals surface area contributed by atoms with E-state index in [1.54, 1.807) is 6.20 Å². The summed E-state index contributed by atoms with van der Waals surface area (Å²) in [5, 5.41) is 3.89. The molecular weight excluding hydrogens is 183 g/mol. The van der Waals surface area contributed by atoms with E-state index in [9.17, 15) is 0 Å². The maximum atomic E-state index is 3.89. The molecule has 0 fully saturated rings. The molecule has 0 aliphatic rings. The van der Waals surface area contributed by atoms with Crippen molar-refractivity contribution in [2.45, 2.75) is 0 Å². The van der Waals surface area contributed by atoms with Crippen LogP contribution in [0, 0.1) is 0 Å². The summed E-state index contributed by atoms with van der Waals surface area (Å²) in [6.07, 6.45) is 3.73. The number of aromatic nitrogens is 2. The van der Waals surface area contributed by atoms with Crippen LogP contribution in [0.2, 0.25) is 0 Å². The third kappa shape index (κ3) is 0.739. The van der Waals surface area contributed by atoms with Crippen molar-refractivity contribution in [1.29, 1.82) is 0 Å². The van der Waals surface area contributed by atoms with Gasteiger partial charge in [-0.15, -0.1) is 0 Å². The van der Waals surface area contributed by atoms with Crippen molar-refractivity contribution in [3.63, 3.8) is 0 Å². The summed E-state index contributed by atoms with van der Waals surface area (Å²) >= 11 is 1.06. The molecule has 0 amide bonds. The second kappa shape index (κ2) is 1.64. The average Bonchev–Trinajstić information content (AvgIpc) is 1.86. The van der Waals surface area contributed by atoms with Gasteiger partial charge in [0.2, 0.25) is 0 Å². The van der Waals surface area contributed by atoms with Gasteiger partial charge in [0.15, 0.2) is 0 Å². The summed E-state index contributed by atoms with van der Waals surface area (Å²) in [7, 11) is 0. The molecule has 0 saturated heterocycles. The molecule has 0 aliphatic heterocycles. The van der Waals surface area contributed by atoms with Crippen molar-refractivity contribution in [2.75, 3.05) is 0 Å². The molecule has 2 radical (unpaired) electrons. The van der Waals surface area contributed by atoms with Gasteiger partial charge in [0.25, 0.3) is 0 Å². The molecular formula is C3H4N2Sn. The van der Waals surface area contributed by atoms with Crippen molar-refractivity contribution in [3.05, 3.63) is 18.5 Å². The van der Waals surface area contributed by atoms with Gasteiger partial charge in [-0.25, -0.2) is 0 Å². The summed E-state index contributed by atoms with van der Waals surface area (Å²) in [5.74, 6) is 0. The van der Waals surface area contributed by atoms with E-state index < -0.39 is 0 Å². The van der Waals surface area contributed by atoms with E-state index in [1.807, 2.05) is 15.2 Å². The molecule has 0 saturated carbocycles. The Hall–Kier alpha value is 0.00870. The van der Waals surface area contributed by atoms with Crippen molar-refractivity contribution < 1.29 is 0 Å². The third-order valence-electron chi connectivity index (χ3n) is 0.525. The van der Waals surface area contributed by atoms with Gasteiger partial charge >= 0.3 is 49.3 Å². The van der Waals surface area contributed by atoms with Crippen LogP contribution < -0.4 is 0 Å². The molecule has 1 rings (SSSR count). The Labute approximate surface area is 49.6 Å². The van der Waals surface area contributed by atoms with Crippen LogP contribution in [-0.2, 0) is 0 Å². The first-order valence-corrected chi connectivity index (χ1v) is 3.12. The van der Waals surface area contributed by atoms with Gasteiger partial charge in [-0.05, 0) is 0 Å². The van der Waals surface area contributed by atoms with Gasteiger partial charge in [-0.2, -0.15) is 0 Å². The van der Waals surface area contributed by atoms with Gasteiger partial charge < -0.3 is 0 Å².